The smallest absolute Gasteiger partial charge is 0.151 e. The van der Waals surface area contributed by atoms with Gasteiger partial charge >= 0.3 is 0 Å². The van der Waals surface area contributed by atoms with Gasteiger partial charge < -0.3 is 5.73 Å². The Kier molecular flexibility index (Phi) is 2.41. The lowest BCUT2D eigenvalue weighted by molar-refractivity contribution is 0.798. The summed E-state index contributed by atoms with van der Waals surface area (Å²) in [6, 6.07) is 7.98. The molecule has 15 heavy (non-hydrogen) atoms. The Morgan fingerprint density at radius 2 is 2.07 bits per heavy atom. The predicted octanol–water partition coefficient (Wildman–Crippen LogP) is 1.72. The lowest BCUT2D eigenvalue weighted by Crippen LogP contribution is -2.04. The molecule has 0 unspecified atom stereocenters. The Hall–Kier alpha value is -1.84. The molecule has 0 saturated heterocycles. The fraction of sp³-hybridized carbons (Fsp3) is 0.273. The van der Waals surface area contributed by atoms with E-state index in [2.05, 4.69) is 10.3 Å². The summed E-state index contributed by atoms with van der Waals surface area (Å²) < 4.78 is 1.69. The minimum atomic E-state index is 0.631. The molecule has 2 rings (SSSR count). The van der Waals surface area contributed by atoms with Crippen molar-refractivity contribution < 1.29 is 0 Å². The van der Waals surface area contributed by atoms with E-state index < -0.39 is 0 Å². The van der Waals surface area contributed by atoms with Crippen molar-refractivity contribution in [2.24, 2.45) is 0 Å². The highest BCUT2D eigenvalue weighted by Gasteiger charge is 2.10. The van der Waals surface area contributed by atoms with Gasteiger partial charge in [-0.3, -0.25) is 0 Å². The third-order valence-corrected chi connectivity index (χ3v) is 2.46. The first-order valence-electron chi connectivity index (χ1n) is 5.00. The summed E-state index contributed by atoms with van der Waals surface area (Å²) in [5, 5.41) is 8.10. The van der Waals surface area contributed by atoms with Gasteiger partial charge in [-0.05, 0) is 25.0 Å². The van der Waals surface area contributed by atoms with E-state index in [1.54, 1.807) is 4.68 Å². The number of aromatic nitrogens is 3. The molecule has 1 heterocycles. The van der Waals surface area contributed by atoms with Gasteiger partial charge in [0.15, 0.2) is 5.82 Å². The van der Waals surface area contributed by atoms with Crippen molar-refractivity contribution in [1.82, 2.24) is 15.0 Å². The number of hydrogen-bond donors (Lipinski definition) is 1. The fourth-order valence-electron chi connectivity index (χ4n) is 1.55. The number of nitrogen functional groups attached to an aromatic ring is 1. The van der Waals surface area contributed by atoms with Crippen molar-refractivity contribution in [1.29, 1.82) is 0 Å². The Morgan fingerprint density at radius 1 is 1.33 bits per heavy atom. The highest BCUT2D eigenvalue weighted by atomic mass is 15.5. The van der Waals surface area contributed by atoms with Crippen LogP contribution in [-0.4, -0.2) is 15.0 Å². The quantitative estimate of drug-likeness (QED) is 0.806. The molecular weight excluding hydrogens is 188 g/mol. The van der Waals surface area contributed by atoms with Crippen LogP contribution >= 0.6 is 0 Å². The van der Waals surface area contributed by atoms with Crippen LogP contribution < -0.4 is 5.73 Å². The van der Waals surface area contributed by atoms with E-state index in [0.717, 1.165) is 23.4 Å². The van der Waals surface area contributed by atoms with Gasteiger partial charge in [0, 0.05) is 0 Å². The van der Waals surface area contributed by atoms with Gasteiger partial charge in [0.25, 0.3) is 0 Å². The molecule has 1 aromatic heterocycles. The second-order valence-electron chi connectivity index (χ2n) is 3.47. The van der Waals surface area contributed by atoms with Crippen LogP contribution in [0.1, 0.15) is 18.2 Å². The van der Waals surface area contributed by atoms with Gasteiger partial charge in [-0.25, -0.2) is 0 Å². The number of para-hydroxylation sites is 1. The van der Waals surface area contributed by atoms with Gasteiger partial charge in [-0.1, -0.05) is 30.3 Å². The van der Waals surface area contributed by atoms with Crippen LogP contribution in [0, 0.1) is 6.92 Å². The van der Waals surface area contributed by atoms with Crippen molar-refractivity contribution >= 4 is 5.82 Å². The summed E-state index contributed by atoms with van der Waals surface area (Å²) >= 11 is 0. The average Bonchev–Trinajstić information content (AvgIpc) is 2.60. The standard InChI is InChI=1S/C11H14N4/c1-3-9-11(12)15(14-13-9)10-7-5-4-6-8(10)2/h4-7H,3,12H2,1-2H3. The molecule has 0 fully saturated rings. The highest BCUT2D eigenvalue weighted by Crippen LogP contribution is 2.17. The molecule has 0 saturated carbocycles. The van der Waals surface area contributed by atoms with Gasteiger partial charge in [0.1, 0.15) is 5.69 Å². The van der Waals surface area contributed by atoms with Crippen LogP contribution in [0.2, 0.25) is 0 Å². The Bertz CT molecular complexity index is 473. The number of rotatable bonds is 2. The SMILES string of the molecule is CCc1nnn(-c2ccccc2C)c1N. The lowest BCUT2D eigenvalue weighted by atomic mass is 10.2. The monoisotopic (exact) mass is 202 g/mol. The third kappa shape index (κ3) is 1.58. The summed E-state index contributed by atoms with van der Waals surface area (Å²) in [4.78, 5) is 0. The van der Waals surface area contributed by atoms with Gasteiger partial charge in [0.2, 0.25) is 0 Å². The molecule has 0 amide bonds. The molecule has 2 N–H and O–H groups in total. The van der Waals surface area contributed by atoms with Crippen LogP contribution in [0.15, 0.2) is 24.3 Å². The largest absolute Gasteiger partial charge is 0.382 e. The van der Waals surface area contributed by atoms with Crippen LogP contribution in [0.25, 0.3) is 5.69 Å². The minimum Gasteiger partial charge on any atom is -0.382 e. The molecule has 4 heteroatoms. The van der Waals surface area contributed by atoms with Crippen molar-refractivity contribution in [3.05, 3.63) is 35.5 Å². The van der Waals surface area contributed by atoms with E-state index in [4.69, 9.17) is 5.73 Å². The molecule has 0 radical (unpaired) electrons. The zero-order valence-corrected chi connectivity index (χ0v) is 8.94. The van der Waals surface area contributed by atoms with Crippen LogP contribution in [-0.2, 0) is 6.42 Å². The van der Waals surface area contributed by atoms with Crippen molar-refractivity contribution in [3.63, 3.8) is 0 Å². The Morgan fingerprint density at radius 3 is 2.67 bits per heavy atom. The van der Waals surface area contributed by atoms with Crippen LogP contribution in [0.4, 0.5) is 5.82 Å². The zero-order valence-electron chi connectivity index (χ0n) is 8.94. The molecule has 78 valence electrons. The number of aryl methyl sites for hydroxylation is 2. The molecule has 0 bridgehead atoms. The third-order valence-electron chi connectivity index (χ3n) is 2.46. The van der Waals surface area contributed by atoms with E-state index in [9.17, 15) is 0 Å². The van der Waals surface area contributed by atoms with Crippen molar-refractivity contribution in [2.45, 2.75) is 20.3 Å². The summed E-state index contributed by atoms with van der Waals surface area (Å²) in [7, 11) is 0. The minimum absolute atomic E-state index is 0.631. The predicted molar refractivity (Wildman–Crippen MR) is 59.9 cm³/mol. The molecule has 0 atom stereocenters. The molecule has 1 aromatic carbocycles. The second kappa shape index (κ2) is 3.73. The fourth-order valence-corrected chi connectivity index (χ4v) is 1.55. The maximum absolute atomic E-state index is 5.95. The van der Waals surface area contributed by atoms with Crippen molar-refractivity contribution in [2.75, 3.05) is 5.73 Å². The van der Waals surface area contributed by atoms with E-state index in [1.165, 1.54) is 0 Å². The van der Waals surface area contributed by atoms with Crippen LogP contribution in [0.3, 0.4) is 0 Å². The molecule has 0 spiro atoms. The summed E-state index contributed by atoms with van der Waals surface area (Å²) in [6.45, 7) is 4.05. The Balaban J connectivity index is 2.55. The number of hydrogen-bond acceptors (Lipinski definition) is 3. The first-order valence-corrected chi connectivity index (χ1v) is 5.00. The average molecular weight is 202 g/mol. The number of benzene rings is 1. The normalized spacial score (nSPS) is 10.5. The number of nitrogens with two attached hydrogens (primary N) is 1. The molecule has 4 nitrogen and oxygen atoms in total. The summed E-state index contributed by atoms with van der Waals surface area (Å²) in [5.41, 5.74) is 8.92. The van der Waals surface area contributed by atoms with Gasteiger partial charge in [-0.2, -0.15) is 4.68 Å². The molecule has 0 aliphatic rings. The molecule has 2 aromatic rings. The van der Waals surface area contributed by atoms with Gasteiger partial charge in [-0.15, -0.1) is 5.10 Å². The number of anilines is 1. The second-order valence-corrected chi connectivity index (χ2v) is 3.47. The topological polar surface area (TPSA) is 56.7 Å². The van der Waals surface area contributed by atoms with E-state index in [-0.39, 0.29) is 0 Å². The van der Waals surface area contributed by atoms with Crippen molar-refractivity contribution in [3.8, 4) is 5.69 Å². The first kappa shape index (κ1) is 9.71. The molecule has 0 aliphatic carbocycles. The zero-order chi connectivity index (χ0) is 10.8. The highest BCUT2D eigenvalue weighted by molar-refractivity contribution is 5.47. The number of nitrogens with zero attached hydrogens (tertiary/aromatic N) is 3. The van der Waals surface area contributed by atoms with E-state index >= 15 is 0 Å². The van der Waals surface area contributed by atoms with Gasteiger partial charge in [0.05, 0.1) is 5.69 Å². The van der Waals surface area contributed by atoms with E-state index in [0.29, 0.717) is 5.82 Å². The summed E-state index contributed by atoms with van der Waals surface area (Å²) in [5.74, 6) is 0.631. The summed E-state index contributed by atoms with van der Waals surface area (Å²) in [6.07, 6.45) is 0.803. The lowest BCUT2D eigenvalue weighted by Gasteiger charge is -2.05. The molecular formula is C11H14N4. The maximum atomic E-state index is 5.95. The molecule has 0 aliphatic heterocycles. The maximum Gasteiger partial charge on any atom is 0.151 e. The first-order chi connectivity index (χ1) is 7.24. The Labute approximate surface area is 88.7 Å². The van der Waals surface area contributed by atoms with E-state index in [1.807, 2.05) is 38.1 Å². The van der Waals surface area contributed by atoms with Crippen LogP contribution in [0.5, 0.6) is 0 Å².